The lowest BCUT2D eigenvalue weighted by Gasteiger charge is -2.05. The number of nitrogens with one attached hydrogen (secondary N) is 1. The molecular formula is C13H12N2O. The van der Waals surface area contributed by atoms with Crippen LogP contribution < -0.4 is 10.9 Å². The summed E-state index contributed by atoms with van der Waals surface area (Å²) >= 11 is 0. The zero-order valence-corrected chi connectivity index (χ0v) is 8.81. The molecule has 1 N–H and O–H groups in total. The molecule has 0 atom stereocenters. The number of rotatable bonds is 1. The number of aromatic nitrogens is 1. The minimum atomic E-state index is 0.0707. The summed E-state index contributed by atoms with van der Waals surface area (Å²) in [5, 5.41) is 3.21. The molecular weight excluding hydrogens is 200 g/mol. The van der Waals surface area contributed by atoms with Gasteiger partial charge in [0.25, 0.3) is 5.56 Å². The average Bonchev–Trinajstić information content (AvgIpc) is 2.79. The van der Waals surface area contributed by atoms with Crippen molar-refractivity contribution in [2.24, 2.45) is 0 Å². The standard InChI is InChI=1S/C13H12N2O/c16-13-9-11(10-4-2-1-3-5-10)8-12-14-6-7-15(12)13/h1-5,8-9,14H,6-7H2. The van der Waals surface area contributed by atoms with E-state index >= 15 is 0 Å². The molecule has 1 aromatic heterocycles. The Kier molecular flexibility index (Phi) is 2.03. The van der Waals surface area contributed by atoms with E-state index in [9.17, 15) is 4.79 Å². The maximum absolute atomic E-state index is 11.8. The molecule has 1 aliphatic rings. The van der Waals surface area contributed by atoms with E-state index in [4.69, 9.17) is 0 Å². The van der Waals surface area contributed by atoms with Gasteiger partial charge in [-0.25, -0.2) is 0 Å². The minimum Gasteiger partial charge on any atom is -0.370 e. The second-order valence-electron chi connectivity index (χ2n) is 3.91. The maximum Gasteiger partial charge on any atom is 0.252 e. The molecule has 0 fully saturated rings. The normalized spacial score (nSPS) is 13.2. The third-order valence-corrected chi connectivity index (χ3v) is 2.88. The van der Waals surface area contributed by atoms with Crippen LogP contribution in [0.4, 0.5) is 5.82 Å². The van der Waals surface area contributed by atoms with Gasteiger partial charge in [0, 0.05) is 19.2 Å². The van der Waals surface area contributed by atoms with Crippen molar-refractivity contribution in [1.29, 1.82) is 0 Å². The van der Waals surface area contributed by atoms with Crippen molar-refractivity contribution < 1.29 is 0 Å². The van der Waals surface area contributed by atoms with Crippen molar-refractivity contribution in [3.8, 4) is 11.1 Å². The van der Waals surface area contributed by atoms with Crippen LogP contribution in [0, 0.1) is 0 Å². The van der Waals surface area contributed by atoms with Gasteiger partial charge in [0.05, 0.1) is 0 Å². The fraction of sp³-hybridized carbons (Fsp3) is 0.154. The second kappa shape index (κ2) is 3.52. The summed E-state index contributed by atoms with van der Waals surface area (Å²) in [5.74, 6) is 0.923. The molecule has 0 unspecified atom stereocenters. The molecule has 2 aromatic rings. The highest BCUT2D eigenvalue weighted by molar-refractivity contribution is 5.66. The Hall–Kier alpha value is -2.03. The highest BCUT2D eigenvalue weighted by atomic mass is 16.1. The molecule has 2 heterocycles. The molecule has 3 rings (SSSR count). The van der Waals surface area contributed by atoms with E-state index in [1.807, 2.05) is 36.4 Å². The lowest BCUT2D eigenvalue weighted by Crippen LogP contribution is -2.16. The minimum absolute atomic E-state index is 0.0707. The first-order chi connectivity index (χ1) is 7.84. The first-order valence-electron chi connectivity index (χ1n) is 5.39. The van der Waals surface area contributed by atoms with Crippen LogP contribution in [0.3, 0.4) is 0 Å². The summed E-state index contributed by atoms with van der Waals surface area (Å²) in [6, 6.07) is 13.7. The second-order valence-corrected chi connectivity index (χ2v) is 3.91. The topological polar surface area (TPSA) is 34.0 Å². The molecule has 16 heavy (non-hydrogen) atoms. The van der Waals surface area contributed by atoms with E-state index < -0.39 is 0 Å². The maximum atomic E-state index is 11.8. The first-order valence-corrected chi connectivity index (χ1v) is 5.39. The van der Waals surface area contributed by atoms with Crippen LogP contribution in [-0.2, 0) is 6.54 Å². The molecule has 0 saturated heterocycles. The SMILES string of the molecule is O=c1cc(-c2ccccc2)cc2n1CCN2. The van der Waals surface area contributed by atoms with Crippen LogP contribution in [0.1, 0.15) is 0 Å². The molecule has 1 aromatic carbocycles. The Bertz CT molecular complexity index is 572. The predicted octanol–water partition coefficient (Wildman–Crippen LogP) is 1.94. The lowest BCUT2D eigenvalue weighted by atomic mass is 10.1. The number of fused-ring (bicyclic) bond motifs is 1. The molecule has 0 amide bonds. The van der Waals surface area contributed by atoms with Gasteiger partial charge in [0.1, 0.15) is 5.82 Å². The van der Waals surface area contributed by atoms with Gasteiger partial charge in [-0.2, -0.15) is 0 Å². The summed E-state index contributed by atoms with van der Waals surface area (Å²) in [6.07, 6.45) is 0. The Morgan fingerprint density at radius 2 is 1.88 bits per heavy atom. The summed E-state index contributed by atoms with van der Waals surface area (Å²) in [7, 11) is 0. The molecule has 0 spiro atoms. The Morgan fingerprint density at radius 3 is 2.69 bits per heavy atom. The summed E-state index contributed by atoms with van der Waals surface area (Å²) in [6.45, 7) is 1.61. The van der Waals surface area contributed by atoms with Crippen molar-refractivity contribution in [2.45, 2.75) is 6.54 Å². The van der Waals surface area contributed by atoms with Gasteiger partial charge in [-0.3, -0.25) is 9.36 Å². The van der Waals surface area contributed by atoms with E-state index in [0.717, 1.165) is 30.0 Å². The van der Waals surface area contributed by atoms with Gasteiger partial charge >= 0.3 is 0 Å². The van der Waals surface area contributed by atoms with E-state index in [0.29, 0.717) is 0 Å². The molecule has 0 aliphatic carbocycles. The van der Waals surface area contributed by atoms with Crippen LogP contribution in [0.5, 0.6) is 0 Å². The quantitative estimate of drug-likeness (QED) is 0.783. The van der Waals surface area contributed by atoms with Crippen LogP contribution in [0.25, 0.3) is 11.1 Å². The zero-order valence-electron chi connectivity index (χ0n) is 8.81. The Morgan fingerprint density at radius 1 is 1.06 bits per heavy atom. The van der Waals surface area contributed by atoms with Crippen molar-refractivity contribution in [3.63, 3.8) is 0 Å². The number of benzene rings is 1. The molecule has 3 nitrogen and oxygen atoms in total. The van der Waals surface area contributed by atoms with Gasteiger partial charge in [-0.15, -0.1) is 0 Å². The zero-order chi connectivity index (χ0) is 11.0. The van der Waals surface area contributed by atoms with E-state index in [-0.39, 0.29) is 5.56 Å². The van der Waals surface area contributed by atoms with Gasteiger partial charge in [0.15, 0.2) is 0 Å². The van der Waals surface area contributed by atoms with Gasteiger partial charge < -0.3 is 5.32 Å². The van der Waals surface area contributed by atoms with E-state index in [1.54, 1.807) is 10.6 Å². The summed E-state index contributed by atoms with van der Waals surface area (Å²) in [5.41, 5.74) is 2.13. The number of pyridine rings is 1. The van der Waals surface area contributed by atoms with Crippen LogP contribution in [0.2, 0.25) is 0 Å². The van der Waals surface area contributed by atoms with Gasteiger partial charge in [-0.1, -0.05) is 30.3 Å². The fourth-order valence-electron chi connectivity index (χ4n) is 2.07. The molecule has 0 radical (unpaired) electrons. The highest BCUT2D eigenvalue weighted by Crippen LogP contribution is 2.22. The molecule has 80 valence electrons. The smallest absolute Gasteiger partial charge is 0.252 e. The monoisotopic (exact) mass is 212 g/mol. The number of hydrogen-bond donors (Lipinski definition) is 1. The molecule has 0 bridgehead atoms. The van der Waals surface area contributed by atoms with Crippen LogP contribution >= 0.6 is 0 Å². The van der Waals surface area contributed by atoms with Crippen LogP contribution in [0.15, 0.2) is 47.3 Å². The fourth-order valence-corrected chi connectivity index (χ4v) is 2.07. The molecule has 0 saturated carbocycles. The first kappa shape index (κ1) is 9.21. The van der Waals surface area contributed by atoms with Gasteiger partial charge in [0.2, 0.25) is 0 Å². The summed E-state index contributed by atoms with van der Waals surface area (Å²) in [4.78, 5) is 11.8. The average molecular weight is 212 g/mol. The number of hydrogen-bond acceptors (Lipinski definition) is 2. The third kappa shape index (κ3) is 1.41. The Labute approximate surface area is 93.4 Å². The van der Waals surface area contributed by atoms with Crippen molar-refractivity contribution in [3.05, 3.63) is 52.8 Å². The lowest BCUT2D eigenvalue weighted by molar-refractivity contribution is 0.773. The third-order valence-electron chi connectivity index (χ3n) is 2.88. The predicted molar refractivity (Wildman–Crippen MR) is 64.6 cm³/mol. The van der Waals surface area contributed by atoms with Gasteiger partial charge in [-0.05, 0) is 17.2 Å². The van der Waals surface area contributed by atoms with Crippen molar-refractivity contribution >= 4 is 5.82 Å². The number of nitrogens with zero attached hydrogens (tertiary/aromatic N) is 1. The van der Waals surface area contributed by atoms with E-state index in [2.05, 4.69) is 5.32 Å². The molecule has 1 aliphatic heterocycles. The van der Waals surface area contributed by atoms with Crippen molar-refractivity contribution in [1.82, 2.24) is 4.57 Å². The van der Waals surface area contributed by atoms with Crippen LogP contribution in [-0.4, -0.2) is 11.1 Å². The highest BCUT2D eigenvalue weighted by Gasteiger charge is 2.12. The summed E-state index contributed by atoms with van der Waals surface area (Å²) < 4.78 is 1.77. The largest absolute Gasteiger partial charge is 0.370 e. The Balaban J connectivity index is 2.17. The van der Waals surface area contributed by atoms with E-state index in [1.165, 1.54) is 0 Å². The van der Waals surface area contributed by atoms with Crippen molar-refractivity contribution in [2.75, 3.05) is 11.9 Å². The number of anilines is 1. The molecule has 3 heteroatoms.